The van der Waals surface area contributed by atoms with Gasteiger partial charge in [0.25, 0.3) is 5.89 Å². The van der Waals surface area contributed by atoms with Gasteiger partial charge in [-0.15, -0.1) is 10.2 Å². The van der Waals surface area contributed by atoms with Gasteiger partial charge >= 0.3 is 5.97 Å². The summed E-state index contributed by atoms with van der Waals surface area (Å²) < 4.78 is 15.9. The van der Waals surface area contributed by atoms with Gasteiger partial charge in [0, 0.05) is 11.6 Å². The molecule has 0 fully saturated rings. The summed E-state index contributed by atoms with van der Waals surface area (Å²) in [4.78, 5) is 12.0. The number of methoxy groups -OCH3 is 1. The van der Waals surface area contributed by atoms with Crippen molar-refractivity contribution >= 4 is 22.8 Å². The third-order valence-corrected chi connectivity index (χ3v) is 4.31. The van der Waals surface area contributed by atoms with E-state index in [1.807, 2.05) is 66.7 Å². The minimum atomic E-state index is -0.487. The van der Waals surface area contributed by atoms with Crippen LogP contribution in [0.4, 0.5) is 0 Å². The van der Waals surface area contributed by atoms with Crippen molar-refractivity contribution in [1.82, 2.24) is 10.2 Å². The lowest BCUT2D eigenvalue weighted by molar-refractivity contribution is -0.139. The van der Waals surface area contributed by atoms with Crippen LogP contribution in [-0.4, -0.2) is 23.3 Å². The van der Waals surface area contributed by atoms with E-state index in [4.69, 9.17) is 13.9 Å². The van der Waals surface area contributed by atoms with E-state index in [0.717, 1.165) is 27.6 Å². The molecule has 6 heteroatoms. The molecular weight excluding hydrogens is 368 g/mol. The number of nitrogens with zero attached hydrogens (tertiary/aromatic N) is 2. The zero-order chi connectivity index (χ0) is 20.1. The molecule has 0 aliphatic heterocycles. The monoisotopic (exact) mass is 386 g/mol. The van der Waals surface area contributed by atoms with Gasteiger partial charge in [-0.05, 0) is 52.7 Å². The highest BCUT2D eigenvalue weighted by Crippen LogP contribution is 2.22. The molecule has 0 amide bonds. The molecule has 4 aromatic rings. The fourth-order valence-electron chi connectivity index (χ4n) is 2.83. The van der Waals surface area contributed by atoms with Gasteiger partial charge in [-0.3, -0.25) is 0 Å². The molecule has 0 unspecified atom stereocenters. The molecule has 3 aromatic carbocycles. The van der Waals surface area contributed by atoms with Crippen molar-refractivity contribution in [3.8, 4) is 17.2 Å². The normalized spacial score (nSPS) is 11.1. The lowest BCUT2D eigenvalue weighted by Gasteiger charge is -2.03. The van der Waals surface area contributed by atoms with E-state index < -0.39 is 5.97 Å². The molecule has 29 heavy (non-hydrogen) atoms. The minimum absolute atomic E-state index is 0.0828. The van der Waals surface area contributed by atoms with E-state index in [1.165, 1.54) is 6.08 Å². The van der Waals surface area contributed by atoms with Gasteiger partial charge in [0.2, 0.25) is 5.89 Å². The number of rotatable bonds is 6. The summed E-state index contributed by atoms with van der Waals surface area (Å²) in [7, 11) is 1.64. The van der Waals surface area contributed by atoms with Crippen molar-refractivity contribution in [3.63, 3.8) is 0 Å². The first-order valence-corrected chi connectivity index (χ1v) is 9.02. The highest BCUT2D eigenvalue weighted by Gasteiger charge is 2.09. The first kappa shape index (κ1) is 18.4. The van der Waals surface area contributed by atoms with Gasteiger partial charge in [-0.25, -0.2) is 4.79 Å². The largest absolute Gasteiger partial charge is 0.497 e. The van der Waals surface area contributed by atoms with Crippen molar-refractivity contribution in [2.45, 2.75) is 6.61 Å². The SMILES string of the molecule is COc1ccc2cc(/C=C/C(=O)OCc3nnc(-c4ccccc4)o3)ccc2c1. The van der Waals surface area contributed by atoms with E-state index in [9.17, 15) is 4.79 Å². The Morgan fingerprint density at radius 1 is 1.00 bits per heavy atom. The average Bonchev–Trinajstić information content (AvgIpc) is 3.25. The van der Waals surface area contributed by atoms with Crippen LogP contribution >= 0.6 is 0 Å². The van der Waals surface area contributed by atoms with E-state index in [1.54, 1.807) is 13.2 Å². The highest BCUT2D eigenvalue weighted by atomic mass is 16.5. The van der Waals surface area contributed by atoms with Crippen LogP contribution in [-0.2, 0) is 16.1 Å². The summed E-state index contributed by atoms with van der Waals surface area (Å²) >= 11 is 0. The summed E-state index contributed by atoms with van der Waals surface area (Å²) in [6.45, 7) is -0.0828. The maximum absolute atomic E-state index is 12.0. The Kier molecular flexibility index (Phi) is 5.33. The smallest absolute Gasteiger partial charge is 0.331 e. The zero-order valence-corrected chi connectivity index (χ0v) is 15.7. The molecule has 0 spiro atoms. The molecule has 4 rings (SSSR count). The van der Waals surface area contributed by atoms with Gasteiger partial charge in [0.15, 0.2) is 6.61 Å². The van der Waals surface area contributed by atoms with Crippen LogP contribution < -0.4 is 4.74 Å². The second kappa shape index (κ2) is 8.39. The number of benzene rings is 3. The van der Waals surface area contributed by atoms with Crippen LogP contribution in [0.5, 0.6) is 5.75 Å². The molecular formula is C23H18N2O4. The topological polar surface area (TPSA) is 74.5 Å². The van der Waals surface area contributed by atoms with Crippen LogP contribution in [0, 0.1) is 0 Å². The number of aromatic nitrogens is 2. The standard InChI is InChI=1S/C23H18N2O4/c1-27-20-11-10-18-13-16(7-9-19(18)14-20)8-12-22(26)28-15-21-24-25-23(29-21)17-5-3-2-4-6-17/h2-14H,15H2,1H3/b12-8+. The van der Waals surface area contributed by atoms with Gasteiger partial charge in [0.05, 0.1) is 7.11 Å². The Labute approximate surface area is 167 Å². The number of hydrogen-bond donors (Lipinski definition) is 0. The van der Waals surface area contributed by atoms with Crippen molar-refractivity contribution < 1.29 is 18.7 Å². The van der Waals surface area contributed by atoms with Crippen LogP contribution in [0.1, 0.15) is 11.5 Å². The van der Waals surface area contributed by atoms with Crippen LogP contribution in [0.2, 0.25) is 0 Å². The molecule has 0 aliphatic rings. The van der Waals surface area contributed by atoms with Gasteiger partial charge in [0.1, 0.15) is 5.75 Å². The summed E-state index contributed by atoms with van der Waals surface area (Å²) in [6.07, 6.45) is 3.08. The highest BCUT2D eigenvalue weighted by molar-refractivity contribution is 5.90. The Balaban J connectivity index is 1.36. The Bertz CT molecular complexity index is 1170. The van der Waals surface area contributed by atoms with Gasteiger partial charge in [-0.2, -0.15) is 0 Å². The number of carbonyl (C=O) groups is 1. The molecule has 0 radical (unpaired) electrons. The van der Waals surface area contributed by atoms with E-state index in [2.05, 4.69) is 10.2 Å². The Morgan fingerprint density at radius 2 is 1.79 bits per heavy atom. The van der Waals surface area contributed by atoms with Crippen molar-refractivity contribution in [1.29, 1.82) is 0 Å². The first-order valence-electron chi connectivity index (χ1n) is 9.02. The minimum Gasteiger partial charge on any atom is -0.497 e. The number of esters is 1. The molecule has 1 heterocycles. The summed E-state index contributed by atoms with van der Waals surface area (Å²) in [5.74, 6) is 0.949. The predicted octanol–water partition coefficient (Wildman–Crippen LogP) is 4.66. The maximum atomic E-state index is 12.0. The van der Waals surface area contributed by atoms with Crippen LogP contribution in [0.3, 0.4) is 0 Å². The van der Waals surface area contributed by atoms with Gasteiger partial charge < -0.3 is 13.9 Å². The molecule has 0 aliphatic carbocycles. The van der Waals surface area contributed by atoms with Crippen molar-refractivity contribution in [3.05, 3.63) is 84.3 Å². The molecule has 0 N–H and O–H groups in total. The van der Waals surface area contributed by atoms with Crippen molar-refractivity contribution in [2.75, 3.05) is 7.11 Å². The zero-order valence-electron chi connectivity index (χ0n) is 15.7. The summed E-state index contributed by atoms with van der Waals surface area (Å²) in [6, 6.07) is 21.1. The maximum Gasteiger partial charge on any atom is 0.331 e. The van der Waals surface area contributed by atoms with E-state index >= 15 is 0 Å². The van der Waals surface area contributed by atoms with E-state index in [-0.39, 0.29) is 12.5 Å². The Morgan fingerprint density at radius 3 is 2.62 bits per heavy atom. The predicted molar refractivity (Wildman–Crippen MR) is 109 cm³/mol. The van der Waals surface area contributed by atoms with Gasteiger partial charge in [-0.1, -0.05) is 36.4 Å². The quantitative estimate of drug-likeness (QED) is 0.355. The Hall–Kier alpha value is -3.93. The fraction of sp³-hybridized carbons (Fsp3) is 0.0870. The molecule has 0 bridgehead atoms. The first-order chi connectivity index (χ1) is 14.2. The fourth-order valence-corrected chi connectivity index (χ4v) is 2.83. The second-order valence-corrected chi connectivity index (χ2v) is 6.28. The molecule has 0 saturated carbocycles. The summed E-state index contributed by atoms with van der Waals surface area (Å²) in [5.41, 5.74) is 1.70. The lowest BCUT2D eigenvalue weighted by atomic mass is 10.1. The van der Waals surface area contributed by atoms with E-state index in [0.29, 0.717) is 5.89 Å². The third kappa shape index (κ3) is 4.50. The van der Waals surface area contributed by atoms with Crippen LogP contribution in [0.25, 0.3) is 28.3 Å². The third-order valence-electron chi connectivity index (χ3n) is 4.31. The second-order valence-electron chi connectivity index (χ2n) is 6.28. The average molecular weight is 386 g/mol. The van der Waals surface area contributed by atoms with Crippen LogP contribution in [0.15, 0.2) is 77.2 Å². The number of fused-ring (bicyclic) bond motifs is 1. The number of ether oxygens (including phenoxy) is 2. The molecule has 1 aromatic heterocycles. The number of hydrogen-bond acceptors (Lipinski definition) is 6. The lowest BCUT2D eigenvalue weighted by Crippen LogP contribution is -2.00. The van der Waals surface area contributed by atoms with Crippen molar-refractivity contribution in [2.24, 2.45) is 0 Å². The molecule has 0 saturated heterocycles. The number of carbonyl (C=O) groups excluding carboxylic acids is 1. The molecule has 6 nitrogen and oxygen atoms in total. The summed E-state index contributed by atoms with van der Waals surface area (Å²) in [5, 5.41) is 9.99. The molecule has 0 atom stereocenters. The molecule has 144 valence electrons.